The van der Waals surface area contributed by atoms with Gasteiger partial charge in [-0.2, -0.15) is 0 Å². The van der Waals surface area contributed by atoms with Crippen LogP contribution < -0.4 is 9.47 Å². The van der Waals surface area contributed by atoms with Crippen LogP contribution in [-0.2, 0) is 0 Å². The van der Waals surface area contributed by atoms with Gasteiger partial charge < -0.3 is 14.4 Å². The zero-order valence-corrected chi connectivity index (χ0v) is 14.9. The third-order valence-electron chi connectivity index (χ3n) is 4.69. The van der Waals surface area contributed by atoms with Crippen molar-refractivity contribution < 1.29 is 18.7 Å². The van der Waals surface area contributed by atoms with E-state index in [0.29, 0.717) is 31.0 Å². The molecule has 0 N–H and O–H groups in total. The summed E-state index contributed by atoms with van der Waals surface area (Å²) in [6, 6.07) is 15.9. The second kappa shape index (κ2) is 7.23. The molecule has 1 saturated heterocycles. The monoisotopic (exact) mass is 366 g/mol. The van der Waals surface area contributed by atoms with Gasteiger partial charge in [0, 0.05) is 30.0 Å². The highest BCUT2D eigenvalue weighted by molar-refractivity contribution is 5.94. The third kappa shape index (κ3) is 3.56. The molecule has 6 heteroatoms. The van der Waals surface area contributed by atoms with Gasteiger partial charge in [-0.15, -0.1) is 0 Å². The first-order chi connectivity index (χ1) is 13.1. The van der Waals surface area contributed by atoms with Crippen molar-refractivity contribution in [2.45, 2.75) is 12.5 Å². The predicted octanol–water partition coefficient (Wildman–Crippen LogP) is 3.68. The van der Waals surface area contributed by atoms with E-state index in [9.17, 15) is 9.18 Å². The molecule has 27 heavy (non-hydrogen) atoms. The number of aromatic nitrogens is 1. The topological polar surface area (TPSA) is 51.7 Å². The fraction of sp³-hybridized carbons (Fsp3) is 0.238. The molecule has 0 saturated carbocycles. The molecule has 3 aromatic rings. The zero-order chi connectivity index (χ0) is 18.8. The van der Waals surface area contributed by atoms with Gasteiger partial charge in [0.1, 0.15) is 6.10 Å². The zero-order valence-electron chi connectivity index (χ0n) is 14.9. The van der Waals surface area contributed by atoms with Crippen molar-refractivity contribution in [1.29, 1.82) is 0 Å². The number of fused-ring (bicyclic) bond motifs is 1. The normalized spacial score (nSPS) is 16.5. The van der Waals surface area contributed by atoms with Gasteiger partial charge >= 0.3 is 0 Å². The molecule has 1 amide bonds. The Balaban J connectivity index is 1.43. The van der Waals surface area contributed by atoms with Crippen LogP contribution in [-0.4, -0.2) is 42.1 Å². The maximum Gasteiger partial charge on any atom is 0.254 e. The number of amides is 1. The van der Waals surface area contributed by atoms with Crippen LogP contribution in [0.25, 0.3) is 10.9 Å². The van der Waals surface area contributed by atoms with Crippen molar-refractivity contribution in [2.75, 3.05) is 20.2 Å². The number of benzene rings is 2. The first kappa shape index (κ1) is 17.3. The van der Waals surface area contributed by atoms with Gasteiger partial charge in [-0.1, -0.05) is 18.2 Å². The predicted molar refractivity (Wildman–Crippen MR) is 99.6 cm³/mol. The van der Waals surface area contributed by atoms with E-state index in [2.05, 4.69) is 4.98 Å². The maximum absolute atomic E-state index is 13.9. The Kier molecular flexibility index (Phi) is 4.62. The molecule has 0 aliphatic carbocycles. The largest absolute Gasteiger partial charge is 0.494 e. The number of hydrogen-bond donors (Lipinski definition) is 0. The van der Waals surface area contributed by atoms with Gasteiger partial charge in [0.25, 0.3) is 5.91 Å². The Morgan fingerprint density at radius 2 is 2.04 bits per heavy atom. The molecule has 1 atom stereocenters. The van der Waals surface area contributed by atoms with E-state index in [1.807, 2.05) is 36.4 Å². The molecule has 4 rings (SSSR count). The minimum Gasteiger partial charge on any atom is -0.494 e. The summed E-state index contributed by atoms with van der Waals surface area (Å²) >= 11 is 0. The van der Waals surface area contributed by atoms with Crippen molar-refractivity contribution in [1.82, 2.24) is 9.88 Å². The summed E-state index contributed by atoms with van der Waals surface area (Å²) in [5.41, 5.74) is 1.17. The Morgan fingerprint density at radius 1 is 1.19 bits per heavy atom. The number of methoxy groups -OCH3 is 1. The molecule has 5 nitrogen and oxygen atoms in total. The fourth-order valence-corrected chi connectivity index (χ4v) is 3.27. The molecule has 0 spiro atoms. The number of likely N-dealkylation sites (tertiary alicyclic amines) is 1. The van der Waals surface area contributed by atoms with Crippen LogP contribution in [0.15, 0.2) is 54.6 Å². The van der Waals surface area contributed by atoms with Crippen molar-refractivity contribution in [3.63, 3.8) is 0 Å². The molecule has 0 unspecified atom stereocenters. The Hall–Kier alpha value is -3.15. The lowest BCUT2D eigenvalue weighted by Crippen LogP contribution is -2.31. The first-order valence-electron chi connectivity index (χ1n) is 8.79. The number of halogens is 1. The van der Waals surface area contributed by atoms with Crippen LogP contribution in [0, 0.1) is 5.82 Å². The number of pyridine rings is 1. The molecule has 1 aliphatic rings. The van der Waals surface area contributed by atoms with Crippen molar-refractivity contribution in [3.05, 3.63) is 66.0 Å². The van der Waals surface area contributed by atoms with Crippen LogP contribution >= 0.6 is 0 Å². The van der Waals surface area contributed by atoms with Gasteiger partial charge in [0.05, 0.1) is 19.2 Å². The summed E-state index contributed by atoms with van der Waals surface area (Å²) in [6.45, 7) is 1.01. The average molecular weight is 366 g/mol. The molecule has 1 aliphatic heterocycles. The molecule has 1 fully saturated rings. The van der Waals surface area contributed by atoms with Gasteiger partial charge in [0.15, 0.2) is 11.6 Å². The van der Waals surface area contributed by atoms with E-state index in [0.717, 1.165) is 10.9 Å². The van der Waals surface area contributed by atoms with Crippen LogP contribution in [0.4, 0.5) is 4.39 Å². The fourth-order valence-electron chi connectivity index (χ4n) is 3.27. The van der Waals surface area contributed by atoms with Gasteiger partial charge in [-0.3, -0.25) is 4.79 Å². The smallest absolute Gasteiger partial charge is 0.254 e. The lowest BCUT2D eigenvalue weighted by molar-refractivity contribution is 0.0770. The summed E-state index contributed by atoms with van der Waals surface area (Å²) in [5, 5.41) is 1.05. The quantitative estimate of drug-likeness (QED) is 0.707. The number of carbonyl (C=O) groups excluding carboxylic acids is 1. The second-order valence-electron chi connectivity index (χ2n) is 6.47. The number of carbonyl (C=O) groups is 1. The van der Waals surface area contributed by atoms with Crippen LogP contribution in [0.1, 0.15) is 16.8 Å². The molecular weight excluding hydrogens is 347 g/mol. The molecule has 1 aromatic heterocycles. The number of para-hydroxylation sites is 1. The van der Waals surface area contributed by atoms with Crippen LogP contribution in [0.2, 0.25) is 0 Å². The van der Waals surface area contributed by atoms with E-state index in [-0.39, 0.29) is 17.8 Å². The van der Waals surface area contributed by atoms with Crippen molar-refractivity contribution >= 4 is 16.8 Å². The van der Waals surface area contributed by atoms with E-state index in [1.54, 1.807) is 11.0 Å². The minimum absolute atomic E-state index is 0.122. The highest BCUT2D eigenvalue weighted by Gasteiger charge is 2.29. The third-order valence-corrected chi connectivity index (χ3v) is 4.69. The summed E-state index contributed by atoms with van der Waals surface area (Å²) in [6.07, 6.45) is 0.574. The van der Waals surface area contributed by atoms with E-state index < -0.39 is 5.82 Å². The van der Waals surface area contributed by atoms with Crippen LogP contribution in [0.5, 0.6) is 11.6 Å². The Bertz CT molecular complexity index is 992. The molecular formula is C21H19FN2O3. The number of rotatable bonds is 4. The van der Waals surface area contributed by atoms with Crippen molar-refractivity contribution in [2.24, 2.45) is 0 Å². The Labute approximate surface area is 156 Å². The second-order valence-corrected chi connectivity index (χ2v) is 6.47. The SMILES string of the molecule is COc1ccc(C(=O)N2CC[C@H](Oc3ccc4ccccc4n3)C2)cc1F. The first-order valence-corrected chi connectivity index (χ1v) is 8.79. The lowest BCUT2D eigenvalue weighted by atomic mass is 10.2. The molecule has 0 radical (unpaired) electrons. The van der Waals surface area contributed by atoms with E-state index >= 15 is 0 Å². The van der Waals surface area contributed by atoms with E-state index in [1.165, 1.54) is 19.2 Å². The van der Waals surface area contributed by atoms with Gasteiger partial charge in [-0.25, -0.2) is 9.37 Å². The molecule has 2 heterocycles. The number of hydrogen-bond acceptors (Lipinski definition) is 4. The average Bonchev–Trinajstić information content (AvgIpc) is 3.15. The minimum atomic E-state index is -0.546. The highest BCUT2D eigenvalue weighted by atomic mass is 19.1. The standard InChI is InChI=1S/C21H19FN2O3/c1-26-19-8-6-15(12-17(19)22)21(25)24-11-10-16(13-24)27-20-9-7-14-4-2-3-5-18(14)23-20/h2-9,12,16H,10-11,13H2,1H3/t16-/m0/s1. The lowest BCUT2D eigenvalue weighted by Gasteiger charge is -2.17. The summed E-state index contributed by atoms with van der Waals surface area (Å²) in [5.74, 6) is -0.0927. The van der Waals surface area contributed by atoms with Gasteiger partial charge in [-0.05, 0) is 30.3 Å². The molecule has 2 aromatic carbocycles. The summed E-state index contributed by atoms with van der Waals surface area (Å²) in [4.78, 5) is 18.8. The number of nitrogens with zero attached hydrogens (tertiary/aromatic N) is 2. The van der Waals surface area contributed by atoms with Crippen molar-refractivity contribution in [3.8, 4) is 11.6 Å². The molecule has 138 valence electrons. The summed E-state index contributed by atoms with van der Waals surface area (Å²) in [7, 11) is 1.39. The highest BCUT2D eigenvalue weighted by Crippen LogP contribution is 2.23. The number of ether oxygens (including phenoxy) is 2. The van der Waals surface area contributed by atoms with Gasteiger partial charge in [0.2, 0.25) is 5.88 Å². The maximum atomic E-state index is 13.9. The molecule has 0 bridgehead atoms. The van der Waals surface area contributed by atoms with Crippen LogP contribution in [0.3, 0.4) is 0 Å². The Morgan fingerprint density at radius 3 is 2.85 bits per heavy atom. The summed E-state index contributed by atoms with van der Waals surface area (Å²) < 4.78 is 24.7. The van der Waals surface area contributed by atoms with E-state index in [4.69, 9.17) is 9.47 Å².